The van der Waals surface area contributed by atoms with Crippen molar-refractivity contribution in [3.8, 4) is 0 Å². The lowest BCUT2D eigenvalue weighted by atomic mass is 9.89. The molecule has 0 saturated carbocycles. The molecule has 7 nitrogen and oxygen atoms in total. The van der Waals surface area contributed by atoms with Gasteiger partial charge in [0.1, 0.15) is 17.9 Å². The quantitative estimate of drug-likeness (QED) is 0.696. The van der Waals surface area contributed by atoms with Gasteiger partial charge in [0.25, 0.3) is 11.8 Å². The number of aryl methyl sites for hydroxylation is 2. The lowest BCUT2D eigenvalue weighted by Crippen LogP contribution is -2.51. The summed E-state index contributed by atoms with van der Waals surface area (Å²) in [6, 6.07) is 4.91. The highest BCUT2D eigenvalue weighted by atomic mass is 19.1. The molecule has 4 aliphatic rings. The third-order valence-electron chi connectivity index (χ3n) is 7.58. The molecule has 0 bridgehead atoms. The molecule has 0 N–H and O–H groups in total. The summed E-state index contributed by atoms with van der Waals surface area (Å²) in [7, 11) is 0. The summed E-state index contributed by atoms with van der Waals surface area (Å²) in [6.07, 6.45) is 4.78. The van der Waals surface area contributed by atoms with Crippen molar-refractivity contribution >= 4 is 11.8 Å². The van der Waals surface area contributed by atoms with E-state index in [1.807, 2.05) is 10.7 Å². The van der Waals surface area contributed by atoms with Gasteiger partial charge in [0.05, 0.1) is 6.04 Å². The molecule has 6 rings (SSSR count). The number of benzene rings is 1. The van der Waals surface area contributed by atoms with Crippen LogP contribution in [0, 0.1) is 11.6 Å². The lowest BCUT2D eigenvalue weighted by Gasteiger charge is -2.37. The highest BCUT2D eigenvalue weighted by Crippen LogP contribution is 2.47. The van der Waals surface area contributed by atoms with Gasteiger partial charge in [-0.1, -0.05) is 0 Å². The molecule has 2 amide bonds. The Kier molecular flexibility index (Phi) is 4.79. The van der Waals surface area contributed by atoms with Crippen LogP contribution in [0.5, 0.6) is 0 Å². The summed E-state index contributed by atoms with van der Waals surface area (Å²) in [4.78, 5) is 29.9. The Labute approximate surface area is 190 Å². The summed E-state index contributed by atoms with van der Waals surface area (Å²) in [5.41, 5.74) is 1.06. The molecule has 33 heavy (non-hydrogen) atoms. The maximum Gasteiger partial charge on any atom is 0.274 e. The Bertz CT molecular complexity index is 1080. The highest BCUT2D eigenvalue weighted by Gasteiger charge is 2.58. The van der Waals surface area contributed by atoms with Gasteiger partial charge in [0.2, 0.25) is 0 Å². The minimum absolute atomic E-state index is 0.106. The Balaban J connectivity index is 1.16. The number of nitrogens with zero attached hydrogens (tertiary/aromatic N) is 4. The highest BCUT2D eigenvalue weighted by molar-refractivity contribution is 5.93. The number of rotatable bonds is 2. The number of carbonyl (C=O) groups excluding carboxylic acids is 2. The van der Waals surface area contributed by atoms with E-state index in [1.54, 1.807) is 9.80 Å². The Morgan fingerprint density at radius 2 is 1.79 bits per heavy atom. The van der Waals surface area contributed by atoms with Crippen molar-refractivity contribution in [1.29, 1.82) is 0 Å². The van der Waals surface area contributed by atoms with Crippen LogP contribution in [-0.2, 0) is 22.5 Å². The minimum Gasteiger partial charge on any atom is -0.342 e. The van der Waals surface area contributed by atoms with E-state index in [2.05, 4.69) is 5.10 Å². The second kappa shape index (κ2) is 7.62. The predicted molar refractivity (Wildman–Crippen MR) is 113 cm³/mol. The topological polar surface area (TPSA) is 67.7 Å². The maximum absolute atomic E-state index is 13.8. The molecule has 9 heteroatoms. The van der Waals surface area contributed by atoms with E-state index in [9.17, 15) is 18.4 Å². The van der Waals surface area contributed by atoms with Crippen LogP contribution in [0.15, 0.2) is 24.3 Å². The second-order valence-corrected chi connectivity index (χ2v) is 9.57. The van der Waals surface area contributed by atoms with Gasteiger partial charge >= 0.3 is 0 Å². The molecule has 2 atom stereocenters. The van der Waals surface area contributed by atoms with Gasteiger partial charge in [0.15, 0.2) is 11.3 Å². The van der Waals surface area contributed by atoms with Crippen LogP contribution in [-0.4, -0.2) is 56.3 Å². The van der Waals surface area contributed by atoms with Crippen molar-refractivity contribution in [2.24, 2.45) is 0 Å². The first-order valence-electron chi connectivity index (χ1n) is 11.8. The van der Waals surface area contributed by atoms with Gasteiger partial charge in [0, 0.05) is 44.2 Å². The normalized spacial score (nSPS) is 26.1. The van der Waals surface area contributed by atoms with Crippen molar-refractivity contribution in [3.05, 3.63) is 52.9 Å². The van der Waals surface area contributed by atoms with Gasteiger partial charge in [-0.05, 0) is 55.9 Å². The summed E-state index contributed by atoms with van der Waals surface area (Å²) in [6.45, 7) is 1.67. The Morgan fingerprint density at radius 3 is 2.52 bits per heavy atom. The minimum atomic E-state index is -0.973. The van der Waals surface area contributed by atoms with Crippen molar-refractivity contribution in [3.63, 3.8) is 0 Å². The van der Waals surface area contributed by atoms with E-state index in [-0.39, 0.29) is 11.8 Å². The third kappa shape index (κ3) is 3.36. The molecule has 1 spiro atoms. The fraction of sp³-hybridized carbons (Fsp3) is 0.542. The van der Waals surface area contributed by atoms with Crippen LogP contribution in [0.2, 0.25) is 0 Å². The molecule has 0 unspecified atom stereocenters. The van der Waals surface area contributed by atoms with Crippen molar-refractivity contribution in [2.75, 3.05) is 13.1 Å². The predicted octanol–water partition coefficient (Wildman–Crippen LogP) is 3.19. The molecule has 5 heterocycles. The monoisotopic (exact) mass is 456 g/mol. The van der Waals surface area contributed by atoms with Gasteiger partial charge in [-0.25, -0.2) is 8.78 Å². The molecule has 0 radical (unpaired) electrons. The first-order chi connectivity index (χ1) is 15.9. The van der Waals surface area contributed by atoms with E-state index in [0.29, 0.717) is 50.0 Å². The molecule has 174 valence electrons. The van der Waals surface area contributed by atoms with Crippen LogP contribution < -0.4 is 0 Å². The van der Waals surface area contributed by atoms with Crippen LogP contribution in [0.1, 0.15) is 66.3 Å². The van der Waals surface area contributed by atoms with Crippen LogP contribution in [0.4, 0.5) is 8.78 Å². The Morgan fingerprint density at radius 1 is 1.03 bits per heavy atom. The maximum atomic E-state index is 13.8. The Hall–Kier alpha value is -2.81. The smallest absolute Gasteiger partial charge is 0.274 e. The number of hydrogen-bond acceptors (Lipinski definition) is 4. The summed E-state index contributed by atoms with van der Waals surface area (Å²) in [5.74, 6) is -1.54. The molecule has 2 aromatic rings. The zero-order valence-electron chi connectivity index (χ0n) is 18.3. The molecular weight excluding hydrogens is 430 g/mol. The van der Waals surface area contributed by atoms with E-state index < -0.39 is 29.5 Å². The number of piperidine rings is 1. The second-order valence-electron chi connectivity index (χ2n) is 9.57. The van der Waals surface area contributed by atoms with Gasteiger partial charge in [-0.2, -0.15) is 5.10 Å². The number of amides is 2. The van der Waals surface area contributed by atoms with Crippen LogP contribution in [0.25, 0.3) is 0 Å². The van der Waals surface area contributed by atoms with Crippen molar-refractivity contribution in [2.45, 2.75) is 69.4 Å². The average molecular weight is 456 g/mol. The molecule has 4 aliphatic heterocycles. The number of hydrogen-bond donors (Lipinski definition) is 0. The first-order valence-corrected chi connectivity index (χ1v) is 11.8. The fourth-order valence-corrected chi connectivity index (χ4v) is 5.90. The van der Waals surface area contributed by atoms with Crippen molar-refractivity contribution in [1.82, 2.24) is 19.6 Å². The molecule has 1 aromatic carbocycles. The standard InChI is InChI=1S/C24H26F2N4O3/c25-16-11-15(12-17(26)13-16)20-4-5-21-30(20)23(32)24(33-21)6-9-28(10-7-24)22(31)19-14-18-3-1-2-8-29(18)27-19/h11-14,20-21H,1-10H2/t20-,21+/m0/s1. The average Bonchev–Trinajstić information content (AvgIpc) is 3.48. The number of likely N-dealkylation sites (tertiary alicyclic amines) is 1. The first kappa shape index (κ1) is 20.8. The molecule has 0 aliphatic carbocycles. The van der Waals surface area contributed by atoms with E-state index >= 15 is 0 Å². The number of aromatic nitrogens is 2. The number of carbonyl (C=O) groups is 2. The van der Waals surface area contributed by atoms with Crippen LogP contribution in [0.3, 0.4) is 0 Å². The number of halogens is 2. The third-order valence-corrected chi connectivity index (χ3v) is 7.58. The van der Waals surface area contributed by atoms with Crippen LogP contribution >= 0.6 is 0 Å². The summed E-state index contributed by atoms with van der Waals surface area (Å²) in [5, 5.41) is 4.49. The SMILES string of the molecule is O=C(c1cc2n(n1)CCCC2)N1CCC2(CC1)O[C@@H]1CC[C@@H](c3cc(F)cc(F)c3)N1C2=O. The lowest BCUT2D eigenvalue weighted by molar-refractivity contribution is -0.142. The van der Waals surface area contributed by atoms with Gasteiger partial charge < -0.3 is 14.5 Å². The van der Waals surface area contributed by atoms with E-state index in [1.165, 1.54) is 12.1 Å². The van der Waals surface area contributed by atoms with Gasteiger partial charge in [-0.15, -0.1) is 0 Å². The molecule has 1 aromatic heterocycles. The zero-order valence-corrected chi connectivity index (χ0v) is 18.3. The largest absolute Gasteiger partial charge is 0.342 e. The van der Waals surface area contributed by atoms with Crippen molar-refractivity contribution < 1.29 is 23.1 Å². The fourth-order valence-electron chi connectivity index (χ4n) is 5.90. The van der Waals surface area contributed by atoms with E-state index in [4.69, 9.17) is 4.74 Å². The van der Waals surface area contributed by atoms with Gasteiger partial charge in [-0.3, -0.25) is 14.3 Å². The number of ether oxygens (including phenoxy) is 1. The summed E-state index contributed by atoms with van der Waals surface area (Å²) >= 11 is 0. The zero-order chi connectivity index (χ0) is 22.7. The molecular formula is C24H26F2N4O3. The number of fused-ring (bicyclic) bond motifs is 2. The van der Waals surface area contributed by atoms with E-state index in [0.717, 1.165) is 37.6 Å². The molecule has 3 fully saturated rings. The molecule has 3 saturated heterocycles. The summed E-state index contributed by atoms with van der Waals surface area (Å²) < 4.78 is 35.8.